The molecule has 3 rings (SSSR count). The van der Waals surface area contributed by atoms with Crippen LogP contribution < -0.4 is 10.9 Å². The molecule has 0 saturated carbocycles. The molecule has 0 radical (unpaired) electrons. The van der Waals surface area contributed by atoms with Gasteiger partial charge in [0.15, 0.2) is 0 Å². The van der Waals surface area contributed by atoms with Crippen molar-refractivity contribution in [2.75, 3.05) is 13.1 Å². The fourth-order valence-corrected chi connectivity index (χ4v) is 3.23. The molecule has 2 saturated heterocycles. The van der Waals surface area contributed by atoms with Crippen molar-refractivity contribution < 1.29 is 4.79 Å². The summed E-state index contributed by atoms with van der Waals surface area (Å²) >= 11 is 0. The van der Waals surface area contributed by atoms with Crippen LogP contribution in [0.1, 0.15) is 37.8 Å². The molecule has 2 heterocycles. The normalized spacial score (nSPS) is 30.4. The minimum absolute atomic E-state index is 0.0921. The second-order valence-corrected chi connectivity index (χ2v) is 6.07. The number of nitrogens with zero attached hydrogens (tertiary/aromatic N) is 1. The van der Waals surface area contributed by atoms with Crippen LogP contribution in [-0.4, -0.2) is 29.9 Å². The van der Waals surface area contributed by atoms with Crippen molar-refractivity contribution in [1.29, 1.82) is 0 Å². The standard InChI is InChI=1S/C16H23N3O/c1-12-6-5-9-19(11-12)16(20)15-10-14(17-18-15)13-7-3-2-4-8-13/h2-4,7-8,12,14-15,17-18H,5-6,9-11H2,1H3. The quantitative estimate of drug-likeness (QED) is 0.864. The average Bonchev–Trinajstić information content (AvgIpc) is 2.97. The van der Waals surface area contributed by atoms with E-state index in [9.17, 15) is 4.79 Å². The molecule has 108 valence electrons. The third-order valence-electron chi connectivity index (χ3n) is 4.37. The van der Waals surface area contributed by atoms with E-state index in [0.717, 1.165) is 25.9 Å². The van der Waals surface area contributed by atoms with Crippen molar-refractivity contribution in [3.63, 3.8) is 0 Å². The van der Waals surface area contributed by atoms with E-state index in [0.29, 0.717) is 5.92 Å². The predicted molar refractivity (Wildman–Crippen MR) is 78.8 cm³/mol. The Morgan fingerprint density at radius 1 is 1.25 bits per heavy atom. The molecule has 2 aliphatic rings. The molecule has 0 bridgehead atoms. The summed E-state index contributed by atoms with van der Waals surface area (Å²) in [5.41, 5.74) is 7.67. The fraction of sp³-hybridized carbons (Fsp3) is 0.562. The van der Waals surface area contributed by atoms with Crippen LogP contribution in [0.15, 0.2) is 30.3 Å². The molecule has 1 amide bonds. The van der Waals surface area contributed by atoms with Crippen LogP contribution in [0, 0.1) is 5.92 Å². The molecule has 0 aliphatic carbocycles. The largest absolute Gasteiger partial charge is 0.341 e. The van der Waals surface area contributed by atoms with Gasteiger partial charge in [-0.25, -0.2) is 10.9 Å². The van der Waals surface area contributed by atoms with Gasteiger partial charge in [-0.3, -0.25) is 4.79 Å². The first-order chi connectivity index (χ1) is 9.74. The Morgan fingerprint density at radius 3 is 2.80 bits per heavy atom. The molecule has 0 aromatic heterocycles. The van der Waals surface area contributed by atoms with Gasteiger partial charge in [0.05, 0.1) is 0 Å². The van der Waals surface area contributed by atoms with E-state index < -0.39 is 0 Å². The summed E-state index contributed by atoms with van der Waals surface area (Å²) in [6, 6.07) is 10.4. The zero-order chi connectivity index (χ0) is 13.9. The van der Waals surface area contributed by atoms with Crippen molar-refractivity contribution in [3.05, 3.63) is 35.9 Å². The van der Waals surface area contributed by atoms with Gasteiger partial charge < -0.3 is 4.90 Å². The maximum Gasteiger partial charge on any atom is 0.241 e. The SMILES string of the molecule is CC1CCCN(C(=O)C2CC(c3ccccc3)NN2)C1. The van der Waals surface area contributed by atoms with Crippen molar-refractivity contribution in [2.45, 2.75) is 38.3 Å². The van der Waals surface area contributed by atoms with Crippen molar-refractivity contribution in [2.24, 2.45) is 5.92 Å². The highest BCUT2D eigenvalue weighted by Crippen LogP contribution is 2.24. The lowest BCUT2D eigenvalue weighted by molar-refractivity contribution is -0.134. The molecular weight excluding hydrogens is 250 g/mol. The van der Waals surface area contributed by atoms with Crippen molar-refractivity contribution in [3.8, 4) is 0 Å². The van der Waals surface area contributed by atoms with Crippen LogP contribution in [0.3, 0.4) is 0 Å². The zero-order valence-electron chi connectivity index (χ0n) is 12.0. The summed E-state index contributed by atoms with van der Waals surface area (Å²) in [5.74, 6) is 0.884. The Labute approximate surface area is 120 Å². The highest BCUT2D eigenvalue weighted by Gasteiger charge is 2.33. The number of hydrazine groups is 1. The van der Waals surface area contributed by atoms with E-state index in [1.165, 1.54) is 12.0 Å². The van der Waals surface area contributed by atoms with E-state index >= 15 is 0 Å². The average molecular weight is 273 g/mol. The minimum atomic E-state index is -0.0921. The van der Waals surface area contributed by atoms with Crippen LogP contribution in [0.4, 0.5) is 0 Å². The van der Waals surface area contributed by atoms with Crippen molar-refractivity contribution in [1.82, 2.24) is 15.8 Å². The topological polar surface area (TPSA) is 44.4 Å². The van der Waals surface area contributed by atoms with Gasteiger partial charge in [-0.05, 0) is 30.7 Å². The summed E-state index contributed by atoms with van der Waals surface area (Å²) in [5, 5.41) is 0. The maximum atomic E-state index is 12.5. The van der Waals surface area contributed by atoms with E-state index in [2.05, 4.69) is 29.9 Å². The van der Waals surface area contributed by atoms with Crippen molar-refractivity contribution >= 4 is 5.91 Å². The first-order valence-electron chi connectivity index (χ1n) is 7.59. The van der Waals surface area contributed by atoms with Gasteiger partial charge in [-0.15, -0.1) is 0 Å². The van der Waals surface area contributed by atoms with Gasteiger partial charge in [-0.2, -0.15) is 0 Å². The molecule has 3 atom stereocenters. The molecule has 20 heavy (non-hydrogen) atoms. The predicted octanol–water partition coefficient (Wildman–Crippen LogP) is 1.85. The van der Waals surface area contributed by atoms with Crippen LogP contribution in [0.5, 0.6) is 0 Å². The summed E-state index contributed by atoms with van der Waals surface area (Å²) < 4.78 is 0. The van der Waals surface area contributed by atoms with Gasteiger partial charge in [0.25, 0.3) is 0 Å². The zero-order valence-corrected chi connectivity index (χ0v) is 12.0. The number of likely N-dealkylation sites (tertiary alicyclic amines) is 1. The Balaban J connectivity index is 1.61. The summed E-state index contributed by atoms with van der Waals surface area (Å²) in [4.78, 5) is 14.6. The summed E-state index contributed by atoms with van der Waals surface area (Å²) in [7, 11) is 0. The smallest absolute Gasteiger partial charge is 0.241 e. The van der Waals surface area contributed by atoms with Gasteiger partial charge in [0.2, 0.25) is 5.91 Å². The lowest BCUT2D eigenvalue weighted by Gasteiger charge is -2.32. The number of carbonyl (C=O) groups is 1. The molecule has 1 aromatic rings. The molecule has 0 spiro atoms. The lowest BCUT2D eigenvalue weighted by atomic mass is 9.98. The lowest BCUT2D eigenvalue weighted by Crippen LogP contribution is -2.48. The number of hydrogen-bond acceptors (Lipinski definition) is 3. The number of benzene rings is 1. The number of carbonyl (C=O) groups excluding carboxylic acids is 1. The highest BCUT2D eigenvalue weighted by atomic mass is 16.2. The Hall–Kier alpha value is -1.39. The van der Waals surface area contributed by atoms with Gasteiger partial charge in [0.1, 0.15) is 6.04 Å². The van der Waals surface area contributed by atoms with E-state index in [4.69, 9.17) is 0 Å². The summed E-state index contributed by atoms with van der Waals surface area (Å²) in [6.45, 7) is 4.05. The van der Waals surface area contributed by atoms with E-state index in [1.54, 1.807) is 0 Å². The molecule has 3 unspecified atom stereocenters. The molecule has 2 fully saturated rings. The first kappa shape index (κ1) is 13.6. The van der Waals surface area contributed by atoms with Crippen LogP contribution in [0.25, 0.3) is 0 Å². The highest BCUT2D eigenvalue weighted by molar-refractivity contribution is 5.82. The third-order valence-corrected chi connectivity index (χ3v) is 4.37. The Morgan fingerprint density at radius 2 is 2.05 bits per heavy atom. The minimum Gasteiger partial charge on any atom is -0.341 e. The molecule has 4 heteroatoms. The number of nitrogens with one attached hydrogen (secondary N) is 2. The van der Waals surface area contributed by atoms with Gasteiger partial charge >= 0.3 is 0 Å². The van der Waals surface area contributed by atoms with Gasteiger partial charge in [0, 0.05) is 19.1 Å². The fourth-order valence-electron chi connectivity index (χ4n) is 3.23. The Kier molecular flexibility index (Phi) is 4.03. The molecule has 1 aromatic carbocycles. The third kappa shape index (κ3) is 2.86. The molecule has 2 N–H and O–H groups in total. The van der Waals surface area contributed by atoms with Crippen LogP contribution >= 0.6 is 0 Å². The second-order valence-electron chi connectivity index (χ2n) is 6.07. The molecule has 4 nitrogen and oxygen atoms in total. The Bertz CT molecular complexity index is 462. The number of amides is 1. The molecular formula is C16H23N3O. The number of hydrogen-bond donors (Lipinski definition) is 2. The monoisotopic (exact) mass is 273 g/mol. The molecule has 2 aliphatic heterocycles. The van der Waals surface area contributed by atoms with Gasteiger partial charge in [-0.1, -0.05) is 37.3 Å². The first-order valence-corrected chi connectivity index (χ1v) is 7.59. The van der Waals surface area contributed by atoms with Crippen LogP contribution in [-0.2, 0) is 4.79 Å². The summed E-state index contributed by atoms with van der Waals surface area (Å²) in [6.07, 6.45) is 3.20. The van der Waals surface area contributed by atoms with Crippen LogP contribution in [0.2, 0.25) is 0 Å². The second kappa shape index (κ2) is 5.94. The van der Waals surface area contributed by atoms with E-state index in [-0.39, 0.29) is 18.0 Å². The number of rotatable bonds is 2. The van der Waals surface area contributed by atoms with E-state index in [1.807, 2.05) is 23.1 Å². The maximum absolute atomic E-state index is 12.5. The number of piperidine rings is 1.